The molecule has 30 rings (SSSR count). The van der Waals surface area contributed by atoms with Gasteiger partial charge in [0, 0.05) is 189 Å². The number of para-hydroxylation sites is 11. The van der Waals surface area contributed by atoms with E-state index in [9.17, 15) is 0 Å². The minimum absolute atomic E-state index is 0.371. The molecule has 0 unspecified atom stereocenters. The van der Waals surface area contributed by atoms with Crippen LogP contribution in [0.1, 0.15) is 130 Å². The van der Waals surface area contributed by atoms with Crippen molar-refractivity contribution >= 4 is 241 Å². The Hall–Kier alpha value is -16.2. The van der Waals surface area contributed by atoms with Crippen LogP contribution in [0.3, 0.4) is 0 Å². The molecule has 11 aromatic heterocycles. The number of nitrogens with zero attached hydrogens (tertiary/aromatic N) is 6. The summed E-state index contributed by atoms with van der Waals surface area (Å²) < 4.78 is 45.3. The third-order valence-electron chi connectivity index (χ3n) is 28.8. The average molecular weight is 1790 g/mol. The highest BCUT2D eigenvalue weighted by Gasteiger charge is 2.28. The van der Waals surface area contributed by atoms with Gasteiger partial charge in [0.25, 0.3) is 0 Å². The first-order chi connectivity index (χ1) is 67.5. The number of rotatable bonds is 6. The first-order valence-electron chi connectivity index (χ1n) is 48.8. The van der Waals surface area contributed by atoms with E-state index in [1.807, 2.05) is 60.7 Å². The number of hydrogen-bond acceptors (Lipinski definition) is 5. The van der Waals surface area contributed by atoms with Crippen LogP contribution in [-0.4, -0.2) is 27.4 Å². The molecule has 0 amide bonds. The van der Waals surface area contributed by atoms with E-state index in [4.69, 9.17) is 22.1 Å². The topological polar surface area (TPSA) is 95.3 Å². The summed E-state index contributed by atoms with van der Waals surface area (Å²) in [5.41, 5.74) is 30.8. The lowest BCUT2D eigenvalue weighted by Gasteiger charge is -2.12. The zero-order chi connectivity index (χ0) is 93.3. The quantitative estimate of drug-likeness (QED) is 0.165. The Bertz CT molecular complexity index is 9870. The van der Waals surface area contributed by atoms with Gasteiger partial charge in [-0.15, -0.1) is 0 Å². The van der Waals surface area contributed by atoms with Gasteiger partial charge in [0.2, 0.25) is 0 Å². The molecule has 18 aromatic carbocycles. The zero-order valence-electron chi connectivity index (χ0n) is 79.5. The van der Waals surface area contributed by atoms with Crippen molar-refractivity contribution in [3.8, 4) is 11.1 Å². The summed E-state index contributed by atoms with van der Waals surface area (Å²) in [6.45, 7) is 26.9. The van der Waals surface area contributed by atoms with Gasteiger partial charge in [-0.2, -0.15) is 0 Å². The first-order valence-corrected chi connectivity index (χ1v) is 48.8. The van der Waals surface area contributed by atoms with Gasteiger partial charge in [0.1, 0.15) is 50.2 Å². The molecule has 11 nitrogen and oxygen atoms in total. The summed E-state index contributed by atoms with van der Waals surface area (Å²) in [7, 11) is 0. The molecule has 0 N–H and O–H groups in total. The molecule has 0 spiro atoms. The van der Waals surface area contributed by atoms with E-state index in [-0.39, 0.29) is 0 Å². The van der Waals surface area contributed by atoms with Crippen LogP contribution < -0.4 is 0 Å². The number of furan rings is 5. The van der Waals surface area contributed by atoms with Crippen molar-refractivity contribution in [2.24, 2.45) is 0 Å². The van der Waals surface area contributed by atoms with Crippen molar-refractivity contribution in [2.45, 2.75) is 126 Å². The van der Waals surface area contributed by atoms with Crippen molar-refractivity contribution in [2.75, 3.05) is 0 Å². The maximum absolute atomic E-state index is 6.27. The van der Waals surface area contributed by atoms with Crippen LogP contribution >= 0.6 is 0 Å². The number of aromatic nitrogens is 6. The maximum atomic E-state index is 6.27. The zero-order valence-corrected chi connectivity index (χ0v) is 79.5. The first kappa shape index (κ1) is 83.6. The van der Waals surface area contributed by atoms with E-state index in [2.05, 4.69) is 414 Å². The highest BCUT2D eigenvalue weighted by atomic mass is 16.3. The van der Waals surface area contributed by atoms with Gasteiger partial charge in [0.05, 0.1) is 38.4 Å². The SMILES string of the molecule is CC(C)n1c2ccccc2c2c3c(ccc21)Cc1ccccc1-3.CC(C)n1c2ccccc2c2c3oc4ccccc4c3ccc21.CC(C)n1c2ccccc2c2cc3c(cc21)oc1ccccc13.CC(C)n1c2ccccc2c2cc3oc4ccccc4c3cc21.CC(C)n1c2ccccc2c2ccc3c4ccccc4oc3c21.CC(C)n1c2ccccc2c2ccc3oc4ccccc4c3c21. The fourth-order valence-corrected chi connectivity index (χ4v) is 23.3. The second-order valence-corrected chi connectivity index (χ2v) is 38.9. The second kappa shape index (κ2) is 32.8. The van der Waals surface area contributed by atoms with Crippen LogP contribution in [0.5, 0.6) is 0 Å². The highest BCUT2D eigenvalue weighted by Crippen LogP contribution is 2.50. The summed E-state index contributed by atoms with van der Waals surface area (Å²) in [6, 6.07) is 131. The Labute approximate surface area is 796 Å². The minimum atomic E-state index is 0.371. The van der Waals surface area contributed by atoms with Gasteiger partial charge in [-0.25, -0.2) is 0 Å². The lowest BCUT2D eigenvalue weighted by atomic mass is 9.99. The molecule has 11 heterocycles. The van der Waals surface area contributed by atoms with Crippen LogP contribution in [0, 0.1) is 0 Å². The van der Waals surface area contributed by atoms with E-state index >= 15 is 0 Å². The average Bonchev–Trinajstić information content (AvgIpc) is 1.60. The van der Waals surface area contributed by atoms with Crippen molar-refractivity contribution in [3.05, 3.63) is 375 Å². The van der Waals surface area contributed by atoms with Crippen molar-refractivity contribution in [1.82, 2.24) is 27.4 Å². The second-order valence-electron chi connectivity index (χ2n) is 38.9. The van der Waals surface area contributed by atoms with E-state index in [1.54, 1.807) is 0 Å². The van der Waals surface area contributed by atoms with Crippen molar-refractivity contribution < 1.29 is 22.1 Å². The largest absolute Gasteiger partial charge is 0.456 e. The normalized spacial score (nSPS) is 12.4. The van der Waals surface area contributed by atoms with E-state index in [0.717, 1.165) is 62.3 Å². The highest BCUT2D eigenvalue weighted by molar-refractivity contribution is 6.27. The summed E-state index contributed by atoms with van der Waals surface area (Å²) in [5.74, 6) is 0. The summed E-state index contributed by atoms with van der Waals surface area (Å²) in [6.07, 6.45) is 1.06. The van der Waals surface area contributed by atoms with Crippen LogP contribution in [0.2, 0.25) is 0 Å². The molecule has 672 valence electrons. The van der Waals surface area contributed by atoms with Crippen LogP contribution in [0.4, 0.5) is 0 Å². The Morgan fingerprint density at radius 3 is 1.03 bits per heavy atom. The molecule has 1 aliphatic rings. The predicted octanol–water partition coefficient (Wildman–Crippen LogP) is 37.3. The lowest BCUT2D eigenvalue weighted by molar-refractivity contribution is 0.630. The Kier molecular flexibility index (Phi) is 19.9. The molecule has 1 aliphatic carbocycles. The smallest absolute Gasteiger partial charge is 0.159 e. The van der Waals surface area contributed by atoms with Crippen LogP contribution in [-0.2, 0) is 6.42 Å². The predicted molar refractivity (Wildman–Crippen MR) is 584 cm³/mol. The molecule has 29 aromatic rings. The standard InChI is InChI=1S/C22H19N.5C21H17NO/c1-14(2)23-19-10-6-5-9-18(19)22-20(23)12-11-16-13-15-7-3-4-8-17(15)21(16)22;1-13(2)22-17-9-5-3-8-16(17)20-18(22)12-11-15-14-7-4-6-10-19(14)23-21(15)20;1-13(2)22-18-9-5-3-7-14(18)16-12-21-17(11-19(16)22)15-8-4-6-10-20(15)23-21;1-13(2)22-18-9-5-3-7-14(18)16-11-17-15-8-4-6-10-20(15)23-21(17)12-19(16)22;1-13(2)22-17-9-5-3-7-14(17)15-11-12-19-20(21(15)22)16-8-4-6-10-18(16)23-19;1-13(2)22-18-9-5-3-7-14(18)16-11-12-17-15-8-4-6-10-19(15)23-21(17)20(16)22/h3-12,14H,13H2,1-2H3;5*3-13H,1-2H3. The number of hydrogen-bond donors (Lipinski definition) is 0. The molecule has 0 fully saturated rings. The molecule has 0 radical (unpaired) electrons. The summed E-state index contributed by atoms with van der Waals surface area (Å²) >= 11 is 0. The van der Waals surface area contributed by atoms with E-state index in [1.165, 1.54) is 207 Å². The van der Waals surface area contributed by atoms with E-state index < -0.39 is 0 Å². The van der Waals surface area contributed by atoms with Gasteiger partial charge in [-0.1, -0.05) is 237 Å². The third kappa shape index (κ3) is 13.1. The third-order valence-corrected chi connectivity index (χ3v) is 28.8. The molecule has 138 heavy (non-hydrogen) atoms. The van der Waals surface area contributed by atoms with Crippen molar-refractivity contribution in [1.29, 1.82) is 0 Å². The lowest BCUT2D eigenvalue weighted by Crippen LogP contribution is -1.99. The number of benzene rings is 18. The van der Waals surface area contributed by atoms with E-state index in [0.29, 0.717) is 36.3 Å². The molecular weight excluding hydrogens is 1690 g/mol. The molecule has 0 aliphatic heterocycles. The van der Waals surface area contributed by atoms with Gasteiger partial charge in [-0.3, -0.25) is 0 Å². The van der Waals surface area contributed by atoms with Crippen LogP contribution in [0.25, 0.3) is 252 Å². The fraction of sp³-hybridized carbons (Fsp3) is 0.150. The molecule has 0 bridgehead atoms. The van der Waals surface area contributed by atoms with Gasteiger partial charge in [-0.05, 0) is 233 Å². The van der Waals surface area contributed by atoms with Gasteiger partial charge in [0.15, 0.2) is 5.58 Å². The molecule has 0 saturated carbocycles. The Balaban J connectivity index is 0.0000000878. The Morgan fingerprint density at radius 2 is 0.500 bits per heavy atom. The minimum Gasteiger partial charge on any atom is -0.456 e. The van der Waals surface area contributed by atoms with Gasteiger partial charge >= 0.3 is 0 Å². The summed E-state index contributed by atoms with van der Waals surface area (Å²) in [4.78, 5) is 0. The molecule has 0 saturated heterocycles. The maximum Gasteiger partial charge on any atom is 0.159 e. The fourth-order valence-electron chi connectivity index (χ4n) is 23.3. The number of fused-ring (bicyclic) bond motifs is 40. The monoisotopic (exact) mass is 1790 g/mol. The van der Waals surface area contributed by atoms with Gasteiger partial charge < -0.3 is 49.5 Å². The Morgan fingerprint density at radius 1 is 0.174 bits per heavy atom. The molecule has 11 heteroatoms. The molecular formula is C127H104N6O5. The summed E-state index contributed by atoms with van der Waals surface area (Å²) in [5, 5.41) is 27.6. The van der Waals surface area contributed by atoms with Crippen LogP contribution in [0.15, 0.2) is 386 Å². The van der Waals surface area contributed by atoms with Crippen molar-refractivity contribution in [3.63, 3.8) is 0 Å². The molecule has 0 atom stereocenters.